The zero-order chi connectivity index (χ0) is 16.1. The standard InChI is InChI=1S/C15H18BrClN2O2S/c1-10-4-6-19(7-5-10)15(22)18-14(20)9-21-13-3-2-11(16)8-12(13)17/h2-3,8,10H,4-7,9H2,1H3,(H,18,20,22). The summed E-state index contributed by atoms with van der Waals surface area (Å²) in [7, 11) is 0. The molecule has 1 aromatic carbocycles. The van der Waals surface area contributed by atoms with E-state index in [0.29, 0.717) is 15.9 Å². The van der Waals surface area contributed by atoms with Crippen LogP contribution in [0.15, 0.2) is 22.7 Å². The summed E-state index contributed by atoms with van der Waals surface area (Å²) in [6, 6.07) is 5.23. The maximum Gasteiger partial charge on any atom is 0.264 e. The van der Waals surface area contributed by atoms with Crippen LogP contribution in [0.2, 0.25) is 5.02 Å². The maximum absolute atomic E-state index is 11.9. The molecule has 1 aliphatic heterocycles. The average Bonchev–Trinajstić information content (AvgIpc) is 2.47. The molecule has 1 aliphatic rings. The summed E-state index contributed by atoms with van der Waals surface area (Å²) in [6.45, 7) is 3.89. The third-order valence-corrected chi connectivity index (χ3v) is 4.72. The van der Waals surface area contributed by atoms with Gasteiger partial charge in [0.1, 0.15) is 5.75 Å². The minimum atomic E-state index is -0.275. The SMILES string of the molecule is CC1CCN(C(=S)NC(=O)COc2ccc(Br)cc2Cl)CC1. The predicted molar refractivity (Wildman–Crippen MR) is 95.4 cm³/mol. The Bertz CT molecular complexity index is 562. The third kappa shape index (κ3) is 5.11. The molecule has 1 heterocycles. The summed E-state index contributed by atoms with van der Waals surface area (Å²) in [6.07, 6.45) is 2.20. The zero-order valence-electron chi connectivity index (χ0n) is 12.3. The van der Waals surface area contributed by atoms with Crippen LogP contribution in [0.3, 0.4) is 0 Å². The zero-order valence-corrected chi connectivity index (χ0v) is 15.4. The normalized spacial score (nSPS) is 15.5. The van der Waals surface area contributed by atoms with E-state index < -0.39 is 0 Å². The first kappa shape index (κ1) is 17.5. The summed E-state index contributed by atoms with van der Waals surface area (Å²) >= 11 is 14.6. The van der Waals surface area contributed by atoms with E-state index in [4.69, 9.17) is 28.6 Å². The molecule has 0 saturated carbocycles. The van der Waals surface area contributed by atoms with Crippen LogP contribution < -0.4 is 10.1 Å². The van der Waals surface area contributed by atoms with E-state index in [1.54, 1.807) is 18.2 Å². The molecule has 1 amide bonds. The van der Waals surface area contributed by atoms with Crippen LogP contribution in [0.25, 0.3) is 0 Å². The molecule has 0 bridgehead atoms. The van der Waals surface area contributed by atoms with Gasteiger partial charge in [0.05, 0.1) is 5.02 Å². The first-order valence-electron chi connectivity index (χ1n) is 7.12. The number of rotatable bonds is 3. The summed E-state index contributed by atoms with van der Waals surface area (Å²) in [5.74, 6) is 0.915. The Balaban J connectivity index is 1.79. The lowest BCUT2D eigenvalue weighted by Crippen LogP contribution is -2.47. The quantitative estimate of drug-likeness (QED) is 0.780. The second-order valence-electron chi connectivity index (χ2n) is 5.39. The van der Waals surface area contributed by atoms with Crippen molar-refractivity contribution in [1.82, 2.24) is 10.2 Å². The highest BCUT2D eigenvalue weighted by atomic mass is 79.9. The van der Waals surface area contributed by atoms with Crippen LogP contribution in [0.1, 0.15) is 19.8 Å². The van der Waals surface area contributed by atoms with Crippen LogP contribution in [0.4, 0.5) is 0 Å². The monoisotopic (exact) mass is 404 g/mol. The number of ether oxygens (including phenoxy) is 1. The number of likely N-dealkylation sites (tertiary alicyclic amines) is 1. The van der Waals surface area contributed by atoms with Gasteiger partial charge in [-0.3, -0.25) is 4.79 Å². The molecule has 2 rings (SSSR count). The van der Waals surface area contributed by atoms with Crippen molar-refractivity contribution in [3.05, 3.63) is 27.7 Å². The number of benzene rings is 1. The molecule has 120 valence electrons. The summed E-state index contributed by atoms with van der Waals surface area (Å²) in [4.78, 5) is 13.9. The van der Waals surface area contributed by atoms with Gasteiger partial charge in [-0.15, -0.1) is 0 Å². The lowest BCUT2D eigenvalue weighted by molar-refractivity contribution is -0.121. The molecule has 1 fully saturated rings. The summed E-state index contributed by atoms with van der Waals surface area (Å²) in [5.41, 5.74) is 0. The van der Waals surface area contributed by atoms with E-state index in [0.717, 1.165) is 36.3 Å². The van der Waals surface area contributed by atoms with E-state index in [1.165, 1.54) is 0 Å². The van der Waals surface area contributed by atoms with Crippen molar-refractivity contribution in [2.24, 2.45) is 5.92 Å². The molecule has 0 aromatic heterocycles. The van der Waals surface area contributed by atoms with Crippen LogP contribution in [0, 0.1) is 5.92 Å². The van der Waals surface area contributed by atoms with Gasteiger partial charge >= 0.3 is 0 Å². The summed E-state index contributed by atoms with van der Waals surface area (Å²) in [5, 5.41) is 3.63. The average molecular weight is 406 g/mol. The van der Waals surface area contributed by atoms with E-state index in [-0.39, 0.29) is 12.5 Å². The number of hydrogen-bond acceptors (Lipinski definition) is 3. The Morgan fingerprint density at radius 3 is 2.82 bits per heavy atom. The Kier molecular flexibility index (Phi) is 6.47. The molecule has 0 unspecified atom stereocenters. The van der Waals surface area contributed by atoms with Gasteiger partial charge in [-0.05, 0) is 49.2 Å². The molecule has 0 aliphatic carbocycles. The van der Waals surface area contributed by atoms with E-state index in [2.05, 4.69) is 28.2 Å². The third-order valence-electron chi connectivity index (χ3n) is 3.57. The smallest absolute Gasteiger partial charge is 0.264 e. The molecule has 0 atom stereocenters. The van der Waals surface area contributed by atoms with E-state index in [1.807, 2.05) is 4.90 Å². The van der Waals surface area contributed by atoms with Gasteiger partial charge in [0.25, 0.3) is 5.91 Å². The van der Waals surface area contributed by atoms with Crippen molar-refractivity contribution in [2.45, 2.75) is 19.8 Å². The number of carbonyl (C=O) groups excluding carboxylic acids is 1. The van der Waals surface area contributed by atoms with E-state index in [9.17, 15) is 4.79 Å². The maximum atomic E-state index is 11.9. The molecule has 7 heteroatoms. The van der Waals surface area contributed by atoms with Crippen LogP contribution >= 0.6 is 39.7 Å². The number of carbonyl (C=O) groups is 1. The molecule has 4 nitrogen and oxygen atoms in total. The van der Waals surface area contributed by atoms with Crippen LogP contribution in [-0.2, 0) is 4.79 Å². The number of nitrogens with zero attached hydrogens (tertiary/aromatic N) is 1. The molecule has 0 spiro atoms. The molecular formula is C15H18BrClN2O2S. The minimum absolute atomic E-state index is 0.119. The van der Waals surface area contributed by atoms with Crippen molar-refractivity contribution < 1.29 is 9.53 Å². The van der Waals surface area contributed by atoms with Crippen molar-refractivity contribution >= 4 is 50.8 Å². The van der Waals surface area contributed by atoms with Gasteiger partial charge in [-0.25, -0.2) is 0 Å². The highest BCUT2D eigenvalue weighted by Crippen LogP contribution is 2.27. The Hall–Kier alpha value is -0.850. The minimum Gasteiger partial charge on any atom is -0.482 e. The van der Waals surface area contributed by atoms with Gasteiger partial charge in [0.2, 0.25) is 0 Å². The highest BCUT2D eigenvalue weighted by molar-refractivity contribution is 9.10. The highest BCUT2D eigenvalue weighted by Gasteiger charge is 2.19. The number of amides is 1. The van der Waals surface area contributed by atoms with Gasteiger partial charge in [0, 0.05) is 17.6 Å². The van der Waals surface area contributed by atoms with Gasteiger partial charge in [-0.1, -0.05) is 34.5 Å². The molecule has 1 N–H and O–H groups in total. The fourth-order valence-electron chi connectivity index (χ4n) is 2.18. The van der Waals surface area contributed by atoms with Crippen LogP contribution in [-0.4, -0.2) is 35.6 Å². The molecule has 0 radical (unpaired) electrons. The molecular weight excluding hydrogens is 388 g/mol. The number of hydrogen-bond donors (Lipinski definition) is 1. The van der Waals surface area contributed by atoms with Crippen molar-refractivity contribution in [1.29, 1.82) is 0 Å². The van der Waals surface area contributed by atoms with Crippen molar-refractivity contribution in [3.8, 4) is 5.75 Å². The van der Waals surface area contributed by atoms with Gasteiger partial charge in [-0.2, -0.15) is 0 Å². The lowest BCUT2D eigenvalue weighted by atomic mass is 10.00. The Labute approximate surface area is 149 Å². The fraction of sp³-hybridized carbons (Fsp3) is 0.467. The van der Waals surface area contributed by atoms with Gasteiger partial charge in [0.15, 0.2) is 11.7 Å². The molecule has 1 aromatic rings. The lowest BCUT2D eigenvalue weighted by Gasteiger charge is -2.32. The topological polar surface area (TPSA) is 41.6 Å². The first-order chi connectivity index (χ1) is 10.5. The molecule has 1 saturated heterocycles. The molecule has 22 heavy (non-hydrogen) atoms. The Morgan fingerprint density at radius 2 is 2.18 bits per heavy atom. The predicted octanol–water partition coefficient (Wildman–Crippen LogP) is 3.61. The number of nitrogens with one attached hydrogen (secondary N) is 1. The number of piperidine rings is 1. The Morgan fingerprint density at radius 1 is 1.50 bits per heavy atom. The number of halogens is 2. The second kappa shape index (κ2) is 8.13. The largest absolute Gasteiger partial charge is 0.482 e. The van der Waals surface area contributed by atoms with Crippen LogP contribution in [0.5, 0.6) is 5.75 Å². The van der Waals surface area contributed by atoms with Gasteiger partial charge < -0.3 is 15.0 Å². The van der Waals surface area contributed by atoms with E-state index >= 15 is 0 Å². The second-order valence-corrected chi connectivity index (χ2v) is 7.10. The fourth-order valence-corrected chi connectivity index (χ4v) is 3.21. The first-order valence-corrected chi connectivity index (χ1v) is 8.70. The van der Waals surface area contributed by atoms with Crippen molar-refractivity contribution in [2.75, 3.05) is 19.7 Å². The van der Waals surface area contributed by atoms with Crippen molar-refractivity contribution in [3.63, 3.8) is 0 Å². The summed E-state index contributed by atoms with van der Waals surface area (Å²) < 4.78 is 6.27. The number of thiocarbonyl (C=S) groups is 1.